The van der Waals surface area contributed by atoms with Crippen LogP contribution in [0.1, 0.15) is 47.6 Å². The summed E-state index contributed by atoms with van der Waals surface area (Å²) in [6.45, 7) is 0.468. The Hall–Kier alpha value is -4.53. The molecule has 2 aliphatic rings. The van der Waals surface area contributed by atoms with E-state index in [2.05, 4.69) is 19.5 Å². The molecule has 1 aliphatic heterocycles. The van der Waals surface area contributed by atoms with Crippen LogP contribution >= 0.6 is 0 Å². The molecule has 7 rings (SSSR count). The fraction of sp³-hybridized carbons (Fsp3) is 0.233. The number of pyridine rings is 1. The maximum atomic E-state index is 15.1. The molecule has 5 aromatic rings. The van der Waals surface area contributed by atoms with Gasteiger partial charge in [0.25, 0.3) is 5.91 Å². The van der Waals surface area contributed by atoms with Gasteiger partial charge in [0, 0.05) is 36.6 Å². The van der Waals surface area contributed by atoms with Crippen LogP contribution in [-0.4, -0.2) is 41.4 Å². The molecule has 4 heterocycles. The van der Waals surface area contributed by atoms with Gasteiger partial charge < -0.3 is 9.47 Å². The van der Waals surface area contributed by atoms with Crippen LogP contribution in [0.4, 0.5) is 8.78 Å². The molecular formula is C30H24F2N6O. The minimum absolute atomic E-state index is 0.0311. The first-order valence-corrected chi connectivity index (χ1v) is 13.1. The van der Waals surface area contributed by atoms with Gasteiger partial charge in [-0.15, -0.1) is 0 Å². The lowest BCUT2D eigenvalue weighted by Crippen LogP contribution is -2.39. The topological polar surface area (TPSA) is 76.8 Å². The first-order chi connectivity index (χ1) is 19.1. The molecule has 0 N–H and O–H groups in total. The number of halogens is 2. The molecule has 0 saturated heterocycles. The van der Waals surface area contributed by atoms with E-state index in [1.165, 1.54) is 18.2 Å². The first kappa shape index (κ1) is 23.6. The number of hydrogen-bond donors (Lipinski definition) is 0. The third kappa shape index (κ3) is 4.05. The van der Waals surface area contributed by atoms with Crippen molar-refractivity contribution < 1.29 is 13.6 Å². The van der Waals surface area contributed by atoms with Gasteiger partial charge in [0.1, 0.15) is 28.7 Å². The summed E-state index contributed by atoms with van der Waals surface area (Å²) in [4.78, 5) is 33.2. The Kier molecular flexibility index (Phi) is 5.65. The van der Waals surface area contributed by atoms with Gasteiger partial charge in [-0.2, -0.15) is 0 Å². The van der Waals surface area contributed by atoms with Crippen LogP contribution in [-0.2, 0) is 6.54 Å². The Morgan fingerprint density at radius 3 is 2.54 bits per heavy atom. The number of imidazole rings is 1. The summed E-state index contributed by atoms with van der Waals surface area (Å²) >= 11 is 0. The minimum atomic E-state index is -0.406. The summed E-state index contributed by atoms with van der Waals surface area (Å²) in [5, 5.41) is 0. The smallest absolute Gasteiger partial charge is 0.254 e. The van der Waals surface area contributed by atoms with Crippen molar-refractivity contribution in [2.75, 3.05) is 0 Å². The second kappa shape index (κ2) is 9.34. The molecule has 2 aromatic carbocycles. The van der Waals surface area contributed by atoms with Crippen molar-refractivity contribution in [1.82, 2.24) is 29.4 Å². The zero-order chi connectivity index (χ0) is 26.5. The molecule has 7 nitrogen and oxygen atoms in total. The number of fused-ring (bicyclic) bond motifs is 2. The van der Waals surface area contributed by atoms with Gasteiger partial charge in [0.15, 0.2) is 5.82 Å². The summed E-state index contributed by atoms with van der Waals surface area (Å²) in [5.74, 6) is 0.131. The van der Waals surface area contributed by atoms with E-state index >= 15 is 4.39 Å². The van der Waals surface area contributed by atoms with E-state index in [1.54, 1.807) is 48.9 Å². The van der Waals surface area contributed by atoms with Crippen LogP contribution in [0.25, 0.3) is 33.9 Å². The summed E-state index contributed by atoms with van der Waals surface area (Å²) in [6.07, 6.45) is 8.28. The molecule has 1 saturated carbocycles. The highest BCUT2D eigenvalue weighted by molar-refractivity contribution is 5.98. The largest absolute Gasteiger partial charge is 0.331 e. The molecule has 2 unspecified atom stereocenters. The predicted octanol–water partition coefficient (Wildman–Crippen LogP) is 5.97. The average Bonchev–Trinajstić information content (AvgIpc) is 3.51. The number of benzene rings is 2. The number of hydrogen-bond acceptors (Lipinski definition) is 5. The van der Waals surface area contributed by atoms with Crippen LogP contribution in [0.2, 0.25) is 0 Å². The Morgan fingerprint density at radius 1 is 0.872 bits per heavy atom. The van der Waals surface area contributed by atoms with E-state index < -0.39 is 5.82 Å². The number of amides is 1. The predicted molar refractivity (Wildman–Crippen MR) is 142 cm³/mol. The third-order valence-corrected chi connectivity index (χ3v) is 7.81. The molecule has 1 fully saturated rings. The lowest BCUT2D eigenvalue weighted by molar-refractivity contribution is 0.0630. The van der Waals surface area contributed by atoms with Crippen molar-refractivity contribution in [3.05, 3.63) is 95.9 Å². The Morgan fingerprint density at radius 2 is 1.69 bits per heavy atom. The Bertz CT molecular complexity index is 1720. The normalized spacial score (nSPS) is 19.0. The fourth-order valence-corrected chi connectivity index (χ4v) is 6.00. The van der Waals surface area contributed by atoms with Gasteiger partial charge in [0.2, 0.25) is 0 Å². The molecule has 0 bridgehead atoms. The highest BCUT2D eigenvalue weighted by atomic mass is 19.1. The molecule has 3 aromatic heterocycles. The molecule has 0 radical (unpaired) electrons. The van der Waals surface area contributed by atoms with Crippen molar-refractivity contribution in [1.29, 1.82) is 0 Å². The van der Waals surface area contributed by atoms with Gasteiger partial charge in [-0.05, 0) is 67.6 Å². The van der Waals surface area contributed by atoms with Crippen LogP contribution in [0.3, 0.4) is 0 Å². The van der Waals surface area contributed by atoms with Gasteiger partial charge in [-0.1, -0.05) is 18.2 Å². The van der Waals surface area contributed by atoms with E-state index in [9.17, 15) is 9.18 Å². The quantitative estimate of drug-likeness (QED) is 0.291. The van der Waals surface area contributed by atoms with Crippen molar-refractivity contribution in [3.8, 4) is 22.9 Å². The van der Waals surface area contributed by atoms with E-state index in [0.29, 0.717) is 47.0 Å². The average molecular weight is 523 g/mol. The van der Waals surface area contributed by atoms with Gasteiger partial charge >= 0.3 is 0 Å². The van der Waals surface area contributed by atoms with Gasteiger partial charge in [0.05, 0.1) is 17.3 Å². The van der Waals surface area contributed by atoms with Crippen LogP contribution in [0.5, 0.6) is 0 Å². The second-order valence-electron chi connectivity index (χ2n) is 10.1. The molecule has 194 valence electrons. The van der Waals surface area contributed by atoms with Crippen molar-refractivity contribution >= 4 is 16.9 Å². The second-order valence-corrected chi connectivity index (χ2v) is 10.1. The van der Waals surface area contributed by atoms with Crippen molar-refractivity contribution in [2.45, 2.75) is 44.3 Å². The highest BCUT2D eigenvalue weighted by Gasteiger charge is 2.37. The number of carbonyl (C=O) groups excluding carboxylic acids is 1. The summed E-state index contributed by atoms with van der Waals surface area (Å²) in [6, 6.07) is 14.6. The number of aromatic nitrogens is 5. The zero-order valence-corrected chi connectivity index (χ0v) is 21.0. The Balaban J connectivity index is 1.31. The molecule has 0 spiro atoms. The monoisotopic (exact) mass is 522 g/mol. The standard InChI is InChI=1S/C30H24F2N6O/c31-19-10-9-18-17-37(30(39)23(18)13-19)20-5-3-6-21(14-20)38-27-15-25(28-33-11-4-12-34-28)35-16-26(27)36-29(38)22-7-1-2-8-24(22)32/h1-2,4,7-13,15-16,20-21H,3,5-6,14,17H2. The van der Waals surface area contributed by atoms with Crippen molar-refractivity contribution in [3.63, 3.8) is 0 Å². The van der Waals surface area contributed by atoms with Crippen LogP contribution in [0, 0.1) is 11.6 Å². The van der Waals surface area contributed by atoms with Gasteiger partial charge in [-0.3, -0.25) is 9.78 Å². The van der Waals surface area contributed by atoms with Crippen molar-refractivity contribution in [2.24, 2.45) is 0 Å². The van der Waals surface area contributed by atoms with E-state index in [-0.39, 0.29) is 23.8 Å². The first-order valence-electron chi connectivity index (χ1n) is 13.1. The van der Waals surface area contributed by atoms with Gasteiger partial charge in [-0.25, -0.2) is 23.7 Å². The summed E-state index contributed by atoms with van der Waals surface area (Å²) < 4.78 is 31.0. The molecule has 39 heavy (non-hydrogen) atoms. The fourth-order valence-electron chi connectivity index (χ4n) is 6.00. The maximum absolute atomic E-state index is 15.1. The zero-order valence-electron chi connectivity index (χ0n) is 21.0. The molecule has 1 amide bonds. The Labute approximate surface area is 223 Å². The van der Waals surface area contributed by atoms with Crippen LogP contribution < -0.4 is 0 Å². The number of nitrogens with zero attached hydrogens (tertiary/aromatic N) is 6. The van der Waals surface area contributed by atoms with E-state index in [1.807, 2.05) is 11.0 Å². The SMILES string of the molecule is O=C1c2cc(F)ccc2CN1C1CCCC(n2c(-c3ccccc3F)nc3cnc(-c4ncccn4)cc32)C1. The molecule has 1 aliphatic carbocycles. The maximum Gasteiger partial charge on any atom is 0.254 e. The molecule has 2 atom stereocenters. The minimum Gasteiger partial charge on any atom is -0.331 e. The summed E-state index contributed by atoms with van der Waals surface area (Å²) in [7, 11) is 0. The highest BCUT2D eigenvalue weighted by Crippen LogP contribution is 2.40. The molecular weight excluding hydrogens is 498 g/mol. The van der Waals surface area contributed by atoms with E-state index in [4.69, 9.17) is 4.98 Å². The number of carbonyl (C=O) groups is 1. The molecule has 9 heteroatoms. The van der Waals surface area contributed by atoms with Crippen LogP contribution in [0.15, 0.2) is 73.2 Å². The summed E-state index contributed by atoms with van der Waals surface area (Å²) in [5.41, 5.74) is 3.76. The lowest BCUT2D eigenvalue weighted by Gasteiger charge is -2.36. The number of rotatable bonds is 4. The van der Waals surface area contributed by atoms with E-state index in [0.717, 1.165) is 30.3 Å². The lowest BCUT2D eigenvalue weighted by atomic mass is 9.89. The third-order valence-electron chi connectivity index (χ3n) is 7.81.